The van der Waals surface area contributed by atoms with Gasteiger partial charge in [-0.1, -0.05) is 23.7 Å². The molecule has 27 heavy (non-hydrogen) atoms. The summed E-state index contributed by atoms with van der Waals surface area (Å²) in [6.07, 6.45) is 8.21. The zero-order valence-corrected chi connectivity index (χ0v) is 15.1. The maximum absolute atomic E-state index is 11.5. The molecule has 6 nitrogen and oxygen atoms in total. The quantitative estimate of drug-likeness (QED) is 0.473. The van der Waals surface area contributed by atoms with E-state index in [-0.39, 0.29) is 0 Å². The van der Waals surface area contributed by atoms with Crippen LogP contribution >= 0.6 is 0 Å². The molecule has 2 aromatic heterocycles. The van der Waals surface area contributed by atoms with Crippen LogP contribution in [0.4, 0.5) is 0 Å². The molecule has 0 amide bonds. The molecule has 2 aromatic rings. The molecular weight excluding hydrogens is 344 g/mol. The molecule has 0 radical (unpaired) electrons. The molecule has 2 heterocycles. The molecule has 0 aromatic carbocycles. The number of methoxy groups -OCH3 is 2. The van der Waals surface area contributed by atoms with E-state index >= 15 is 0 Å². The third-order valence-electron chi connectivity index (χ3n) is 3.39. The van der Waals surface area contributed by atoms with E-state index in [9.17, 15) is 9.59 Å². The molecule has 0 aliphatic carbocycles. The molecule has 0 unspecified atom stereocenters. The number of esters is 2. The Labute approximate surface area is 157 Å². The molecule has 0 aliphatic rings. The van der Waals surface area contributed by atoms with Gasteiger partial charge in [-0.3, -0.25) is 9.97 Å². The predicted octanol–water partition coefficient (Wildman–Crippen LogP) is 2.62. The van der Waals surface area contributed by atoms with Crippen molar-refractivity contribution in [1.82, 2.24) is 9.97 Å². The zero-order chi connectivity index (χ0) is 19.5. The molecule has 136 valence electrons. The van der Waals surface area contributed by atoms with Gasteiger partial charge in [0.1, 0.15) is 0 Å². The lowest BCUT2D eigenvalue weighted by atomic mass is 10.2. The van der Waals surface area contributed by atoms with Crippen LogP contribution in [0.2, 0.25) is 0 Å². The smallest absolute Gasteiger partial charge is 0.339 e. The van der Waals surface area contributed by atoms with E-state index in [4.69, 9.17) is 0 Å². The highest BCUT2D eigenvalue weighted by Crippen LogP contribution is 2.05. The second-order valence-electron chi connectivity index (χ2n) is 5.36. The molecule has 0 aliphatic heterocycles. The lowest BCUT2D eigenvalue weighted by Gasteiger charge is -1.98. The Bertz CT molecular complexity index is 868. The standard InChI is InChI=1S/C21H18N2O4/c1-26-20(24)18-10-16(12-22-14-18)8-6-4-3-5-7-9-17-11-19(15-23-13-17)21(25)27-2/h10-15H,3-5H2,1-2H3. The van der Waals surface area contributed by atoms with Gasteiger partial charge in [-0.25, -0.2) is 9.59 Å². The van der Waals surface area contributed by atoms with Crippen LogP contribution in [-0.4, -0.2) is 36.1 Å². The Morgan fingerprint density at radius 1 is 0.815 bits per heavy atom. The van der Waals surface area contributed by atoms with Crippen LogP contribution in [0.5, 0.6) is 0 Å². The maximum atomic E-state index is 11.5. The SMILES string of the molecule is COC(=O)c1cncc(C#CCCCC#Cc2cncc(C(=O)OC)c2)c1. The lowest BCUT2D eigenvalue weighted by molar-refractivity contribution is 0.0591. The number of unbranched alkanes of at least 4 members (excludes halogenated alkanes) is 2. The summed E-state index contributed by atoms with van der Waals surface area (Å²) >= 11 is 0. The summed E-state index contributed by atoms with van der Waals surface area (Å²) in [5.74, 6) is 11.1. The average Bonchev–Trinajstić information content (AvgIpc) is 2.72. The van der Waals surface area contributed by atoms with Gasteiger partial charge < -0.3 is 9.47 Å². The van der Waals surface area contributed by atoms with Crippen LogP contribution in [0.1, 0.15) is 51.1 Å². The normalized spacial score (nSPS) is 9.26. The summed E-state index contributed by atoms with van der Waals surface area (Å²) in [5.41, 5.74) is 2.07. The van der Waals surface area contributed by atoms with Gasteiger partial charge in [-0.05, 0) is 18.6 Å². The molecular formula is C21H18N2O4. The highest BCUT2D eigenvalue weighted by molar-refractivity contribution is 5.89. The van der Waals surface area contributed by atoms with Crippen molar-refractivity contribution in [3.05, 3.63) is 59.2 Å². The van der Waals surface area contributed by atoms with Crippen molar-refractivity contribution in [2.75, 3.05) is 14.2 Å². The Morgan fingerprint density at radius 2 is 1.26 bits per heavy atom. The fourth-order valence-electron chi connectivity index (χ4n) is 2.07. The van der Waals surface area contributed by atoms with E-state index in [1.165, 1.54) is 26.6 Å². The van der Waals surface area contributed by atoms with Crippen molar-refractivity contribution in [3.63, 3.8) is 0 Å². The number of hydrogen-bond acceptors (Lipinski definition) is 6. The number of rotatable bonds is 4. The van der Waals surface area contributed by atoms with Crippen LogP contribution in [0.15, 0.2) is 36.9 Å². The van der Waals surface area contributed by atoms with Gasteiger partial charge in [0.05, 0.1) is 25.3 Å². The fourth-order valence-corrected chi connectivity index (χ4v) is 2.07. The second-order valence-corrected chi connectivity index (χ2v) is 5.36. The van der Waals surface area contributed by atoms with Crippen LogP contribution in [0, 0.1) is 23.7 Å². The summed E-state index contributed by atoms with van der Waals surface area (Å²) in [6, 6.07) is 3.29. The van der Waals surface area contributed by atoms with Crippen molar-refractivity contribution in [3.8, 4) is 23.7 Å². The van der Waals surface area contributed by atoms with Crippen molar-refractivity contribution in [1.29, 1.82) is 0 Å². The largest absolute Gasteiger partial charge is 0.465 e. The lowest BCUT2D eigenvalue weighted by Crippen LogP contribution is -2.01. The van der Waals surface area contributed by atoms with Crippen molar-refractivity contribution in [2.24, 2.45) is 0 Å². The molecule has 0 saturated carbocycles. The summed E-state index contributed by atoms with van der Waals surface area (Å²) in [6.45, 7) is 0. The first-order chi connectivity index (χ1) is 13.1. The molecule has 0 atom stereocenters. The third kappa shape index (κ3) is 6.30. The molecule has 0 bridgehead atoms. The minimum atomic E-state index is -0.438. The first kappa shape index (κ1) is 19.7. The second kappa shape index (κ2) is 10.4. The number of pyridine rings is 2. The molecule has 2 rings (SSSR count). The van der Waals surface area contributed by atoms with E-state index in [0.29, 0.717) is 35.1 Å². The predicted molar refractivity (Wildman–Crippen MR) is 98.8 cm³/mol. The minimum Gasteiger partial charge on any atom is -0.465 e. The molecule has 0 N–H and O–H groups in total. The van der Waals surface area contributed by atoms with Crippen LogP contribution < -0.4 is 0 Å². The van der Waals surface area contributed by atoms with Crippen LogP contribution in [-0.2, 0) is 9.47 Å². The zero-order valence-electron chi connectivity index (χ0n) is 15.1. The van der Waals surface area contributed by atoms with E-state index in [0.717, 1.165) is 6.42 Å². The number of nitrogens with zero attached hydrogens (tertiary/aromatic N) is 2. The minimum absolute atomic E-state index is 0.373. The Kier molecular flexibility index (Phi) is 7.56. The number of hydrogen-bond donors (Lipinski definition) is 0. The summed E-state index contributed by atoms with van der Waals surface area (Å²) in [4.78, 5) is 30.9. The van der Waals surface area contributed by atoms with Crippen molar-refractivity contribution in [2.45, 2.75) is 19.3 Å². The average molecular weight is 362 g/mol. The van der Waals surface area contributed by atoms with Crippen LogP contribution in [0.3, 0.4) is 0 Å². The molecule has 6 heteroatoms. The van der Waals surface area contributed by atoms with Gasteiger partial charge in [-0.2, -0.15) is 0 Å². The molecule has 0 fully saturated rings. The number of aromatic nitrogens is 2. The summed E-state index contributed by atoms with van der Waals surface area (Å²) in [7, 11) is 2.65. The monoisotopic (exact) mass is 362 g/mol. The third-order valence-corrected chi connectivity index (χ3v) is 3.39. The molecule has 0 saturated heterocycles. The molecule has 0 spiro atoms. The van der Waals surface area contributed by atoms with Gasteiger partial charge in [-0.15, -0.1) is 0 Å². The topological polar surface area (TPSA) is 78.4 Å². The van der Waals surface area contributed by atoms with Gasteiger partial charge in [0, 0.05) is 48.8 Å². The summed E-state index contributed by atoms with van der Waals surface area (Å²) in [5, 5.41) is 0. The Morgan fingerprint density at radius 3 is 1.67 bits per heavy atom. The van der Waals surface area contributed by atoms with Crippen molar-refractivity contribution >= 4 is 11.9 Å². The van der Waals surface area contributed by atoms with Gasteiger partial charge in [0.15, 0.2) is 0 Å². The van der Waals surface area contributed by atoms with Gasteiger partial charge in [0.25, 0.3) is 0 Å². The van der Waals surface area contributed by atoms with Crippen molar-refractivity contribution < 1.29 is 19.1 Å². The maximum Gasteiger partial charge on any atom is 0.339 e. The Balaban J connectivity index is 1.84. The van der Waals surface area contributed by atoms with E-state index in [2.05, 4.69) is 43.1 Å². The van der Waals surface area contributed by atoms with Gasteiger partial charge in [0.2, 0.25) is 0 Å². The Hall–Kier alpha value is -3.64. The number of ether oxygens (including phenoxy) is 2. The van der Waals surface area contributed by atoms with Gasteiger partial charge >= 0.3 is 11.9 Å². The van der Waals surface area contributed by atoms with Crippen LogP contribution in [0.25, 0.3) is 0 Å². The fraction of sp³-hybridized carbons (Fsp3) is 0.238. The first-order valence-corrected chi connectivity index (χ1v) is 8.18. The number of carbonyl (C=O) groups is 2. The van der Waals surface area contributed by atoms with E-state index < -0.39 is 11.9 Å². The summed E-state index contributed by atoms with van der Waals surface area (Å²) < 4.78 is 9.30. The first-order valence-electron chi connectivity index (χ1n) is 8.18. The van der Waals surface area contributed by atoms with E-state index in [1.54, 1.807) is 24.5 Å². The highest BCUT2D eigenvalue weighted by atomic mass is 16.5. The van der Waals surface area contributed by atoms with E-state index in [1.807, 2.05) is 0 Å². The number of carbonyl (C=O) groups excluding carboxylic acids is 2. The highest BCUT2D eigenvalue weighted by Gasteiger charge is 2.05.